The summed E-state index contributed by atoms with van der Waals surface area (Å²) in [4.78, 5) is 1.20. The molecule has 1 unspecified atom stereocenters. The topological polar surface area (TPSA) is 20.2 Å². The van der Waals surface area contributed by atoms with Crippen molar-refractivity contribution >= 4 is 27.7 Å². The molecule has 0 amide bonds. The van der Waals surface area contributed by atoms with Gasteiger partial charge in [0.05, 0.1) is 6.61 Å². The van der Waals surface area contributed by atoms with Crippen molar-refractivity contribution in [3.8, 4) is 0 Å². The molecule has 3 heteroatoms. The van der Waals surface area contributed by atoms with Gasteiger partial charge >= 0.3 is 0 Å². The Morgan fingerprint density at radius 1 is 1.47 bits per heavy atom. The van der Waals surface area contributed by atoms with Gasteiger partial charge in [-0.3, -0.25) is 0 Å². The average molecular weight is 289 g/mol. The number of hydrogen-bond donors (Lipinski definition) is 1. The molecule has 0 bridgehead atoms. The van der Waals surface area contributed by atoms with E-state index in [0.717, 1.165) is 21.7 Å². The Bertz CT molecular complexity index is 314. The van der Waals surface area contributed by atoms with Crippen LogP contribution in [0.4, 0.5) is 0 Å². The number of aliphatic hydroxyl groups excluding tert-OH is 1. The number of rotatable bonds is 5. The summed E-state index contributed by atoms with van der Waals surface area (Å²) in [7, 11) is 0. The van der Waals surface area contributed by atoms with Crippen LogP contribution in [0.2, 0.25) is 0 Å². The van der Waals surface area contributed by atoms with E-state index in [0.29, 0.717) is 0 Å². The second-order valence-corrected chi connectivity index (χ2v) is 5.71. The highest BCUT2D eigenvalue weighted by atomic mass is 79.9. The normalized spacial score (nSPS) is 12.8. The molecular formula is C12H17BrOS. The molecule has 1 aromatic carbocycles. The van der Waals surface area contributed by atoms with Gasteiger partial charge in [-0.05, 0) is 29.7 Å². The maximum absolute atomic E-state index is 9.23. The number of thioether (sulfide) groups is 1. The fraction of sp³-hybridized carbons (Fsp3) is 0.500. The van der Waals surface area contributed by atoms with Crippen molar-refractivity contribution in [1.82, 2.24) is 0 Å². The standard InChI is InChI=1S/C12H17BrOS/c1-3-9(2)8-15-12-5-4-11(13)6-10(12)7-14/h4-6,9,14H,3,7-8H2,1-2H3. The first-order chi connectivity index (χ1) is 7.17. The van der Waals surface area contributed by atoms with Crippen molar-refractivity contribution in [3.05, 3.63) is 28.2 Å². The summed E-state index contributed by atoms with van der Waals surface area (Å²) >= 11 is 5.24. The van der Waals surface area contributed by atoms with Gasteiger partial charge in [0, 0.05) is 15.1 Å². The van der Waals surface area contributed by atoms with Gasteiger partial charge in [-0.1, -0.05) is 36.2 Å². The Morgan fingerprint density at radius 3 is 2.80 bits per heavy atom. The van der Waals surface area contributed by atoms with E-state index in [4.69, 9.17) is 0 Å². The van der Waals surface area contributed by atoms with Crippen LogP contribution >= 0.6 is 27.7 Å². The van der Waals surface area contributed by atoms with Gasteiger partial charge < -0.3 is 5.11 Å². The summed E-state index contributed by atoms with van der Waals surface area (Å²) in [6.07, 6.45) is 1.21. The van der Waals surface area contributed by atoms with Crippen molar-refractivity contribution in [2.24, 2.45) is 5.92 Å². The van der Waals surface area contributed by atoms with Crippen molar-refractivity contribution in [3.63, 3.8) is 0 Å². The molecule has 0 aliphatic heterocycles. The van der Waals surface area contributed by atoms with Crippen LogP contribution in [-0.4, -0.2) is 10.9 Å². The summed E-state index contributed by atoms with van der Waals surface area (Å²) in [6, 6.07) is 6.08. The Kier molecular flexibility index (Phi) is 5.72. The zero-order valence-electron chi connectivity index (χ0n) is 9.16. The molecule has 0 radical (unpaired) electrons. The third kappa shape index (κ3) is 4.17. The monoisotopic (exact) mass is 288 g/mol. The lowest BCUT2D eigenvalue weighted by Gasteiger charge is -2.10. The van der Waals surface area contributed by atoms with Crippen molar-refractivity contribution in [2.75, 3.05) is 5.75 Å². The average Bonchev–Trinajstić information content (AvgIpc) is 2.26. The van der Waals surface area contributed by atoms with Crippen LogP contribution in [0.5, 0.6) is 0 Å². The van der Waals surface area contributed by atoms with Crippen LogP contribution < -0.4 is 0 Å². The zero-order valence-corrected chi connectivity index (χ0v) is 11.6. The van der Waals surface area contributed by atoms with Crippen LogP contribution in [0.1, 0.15) is 25.8 Å². The molecule has 0 saturated heterocycles. The van der Waals surface area contributed by atoms with Gasteiger partial charge in [0.2, 0.25) is 0 Å². The maximum atomic E-state index is 9.23. The van der Waals surface area contributed by atoms with Gasteiger partial charge in [0.25, 0.3) is 0 Å². The number of aliphatic hydroxyl groups is 1. The molecule has 1 N–H and O–H groups in total. The predicted molar refractivity (Wildman–Crippen MR) is 70.2 cm³/mol. The Hall–Kier alpha value is 0.01000. The second-order valence-electron chi connectivity index (χ2n) is 3.73. The number of halogens is 1. The summed E-state index contributed by atoms with van der Waals surface area (Å²) in [6.45, 7) is 4.58. The summed E-state index contributed by atoms with van der Waals surface area (Å²) in [5.41, 5.74) is 1.01. The lowest BCUT2D eigenvalue weighted by Crippen LogP contribution is -1.96. The van der Waals surface area contributed by atoms with E-state index in [2.05, 4.69) is 35.8 Å². The Balaban J connectivity index is 2.67. The molecule has 1 rings (SSSR count). The van der Waals surface area contributed by atoms with Crippen LogP contribution in [0.3, 0.4) is 0 Å². The van der Waals surface area contributed by atoms with Crippen LogP contribution in [0, 0.1) is 5.92 Å². The molecule has 1 atom stereocenters. The molecule has 0 aromatic heterocycles. The van der Waals surface area contributed by atoms with E-state index >= 15 is 0 Å². The first-order valence-corrected chi connectivity index (χ1v) is 6.97. The molecule has 0 aliphatic rings. The zero-order chi connectivity index (χ0) is 11.3. The van der Waals surface area contributed by atoms with Gasteiger partial charge in [0.15, 0.2) is 0 Å². The van der Waals surface area contributed by atoms with Crippen LogP contribution in [-0.2, 0) is 6.61 Å². The summed E-state index contributed by atoms with van der Waals surface area (Å²) in [5.74, 6) is 1.84. The fourth-order valence-electron chi connectivity index (χ4n) is 1.16. The maximum Gasteiger partial charge on any atom is 0.0693 e. The lowest BCUT2D eigenvalue weighted by molar-refractivity contribution is 0.279. The minimum absolute atomic E-state index is 0.113. The molecule has 0 spiro atoms. The smallest absolute Gasteiger partial charge is 0.0693 e. The quantitative estimate of drug-likeness (QED) is 0.824. The largest absolute Gasteiger partial charge is 0.392 e. The van der Waals surface area contributed by atoms with E-state index in [-0.39, 0.29) is 6.61 Å². The van der Waals surface area contributed by atoms with Gasteiger partial charge in [0.1, 0.15) is 0 Å². The number of hydrogen-bond acceptors (Lipinski definition) is 2. The van der Waals surface area contributed by atoms with Gasteiger partial charge in [-0.25, -0.2) is 0 Å². The first kappa shape index (κ1) is 13.1. The molecule has 84 valence electrons. The van der Waals surface area contributed by atoms with E-state index in [9.17, 15) is 5.11 Å². The van der Waals surface area contributed by atoms with E-state index in [1.807, 2.05) is 23.9 Å². The third-order valence-electron chi connectivity index (χ3n) is 2.41. The van der Waals surface area contributed by atoms with Crippen molar-refractivity contribution in [2.45, 2.75) is 31.8 Å². The minimum Gasteiger partial charge on any atom is -0.392 e. The fourth-order valence-corrected chi connectivity index (χ4v) is 2.74. The van der Waals surface area contributed by atoms with Crippen LogP contribution in [0.15, 0.2) is 27.6 Å². The molecular weight excluding hydrogens is 272 g/mol. The molecule has 1 aromatic rings. The molecule has 0 heterocycles. The van der Waals surface area contributed by atoms with Crippen molar-refractivity contribution in [1.29, 1.82) is 0 Å². The minimum atomic E-state index is 0.113. The molecule has 15 heavy (non-hydrogen) atoms. The van der Waals surface area contributed by atoms with E-state index in [1.165, 1.54) is 11.3 Å². The first-order valence-electron chi connectivity index (χ1n) is 5.19. The highest BCUT2D eigenvalue weighted by Crippen LogP contribution is 2.28. The Morgan fingerprint density at radius 2 is 2.20 bits per heavy atom. The highest BCUT2D eigenvalue weighted by Gasteiger charge is 2.05. The van der Waals surface area contributed by atoms with E-state index < -0.39 is 0 Å². The summed E-state index contributed by atoms with van der Waals surface area (Å²) < 4.78 is 1.03. The second kappa shape index (κ2) is 6.56. The highest BCUT2D eigenvalue weighted by molar-refractivity contribution is 9.10. The lowest BCUT2D eigenvalue weighted by atomic mass is 10.2. The predicted octanol–water partition coefficient (Wildman–Crippen LogP) is 4.08. The van der Waals surface area contributed by atoms with E-state index in [1.54, 1.807) is 0 Å². The van der Waals surface area contributed by atoms with Gasteiger partial charge in [-0.2, -0.15) is 0 Å². The summed E-state index contributed by atoms with van der Waals surface area (Å²) in [5, 5.41) is 9.23. The van der Waals surface area contributed by atoms with Crippen LogP contribution in [0.25, 0.3) is 0 Å². The molecule has 0 fully saturated rings. The van der Waals surface area contributed by atoms with Crippen molar-refractivity contribution < 1.29 is 5.11 Å². The Labute approximate surface area is 104 Å². The molecule has 1 nitrogen and oxygen atoms in total. The molecule has 0 saturated carbocycles. The van der Waals surface area contributed by atoms with Gasteiger partial charge in [-0.15, -0.1) is 11.8 Å². The number of benzene rings is 1. The SMILES string of the molecule is CCC(C)CSc1ccc(Br)cc1CO. The third-order valence-corrected chi connectivity index (χ3v) is 4.35. The molecule has 0 aliphatic carbocycles.